The molecule has 0 bridgehead atoms. The molecule has 32 heavy (non-hydrogen) atoms. The number of benzene rings is 3. The van der Waals surface area contributed by atoms with E-state index in [9.17, 15) is 15.3 Å². The van der Waals surface area contributed by atoms with E-state index >= 15 is 0 Å². The summed E-state index contributed by atoms with van der Waals surface area (Å²) in [5.41, 5.74) is 0. The van der Waals surface area contributed by atoms with E-state index in [0.29, 0.717) is 16.3 Å². The molecule has 4 heteroatoms. The van der Waals surface area contributed by atoms with E-state index in [0.717, 1.165) is 0 Å². The van der Waals surface area contributed by atoms with Gasteiger partial charge in [-0.3, -0.25) is 0 Å². The van der Waals surface area contributed by atoms with E-state index in [1.54, 1.807) is 45.0 Å². The van der Waals surface area contributed by atoms with Gasteiger partial charge in [0.15, 0.2) is 0 Å². The summed E-state index contributed by atoms with van der Waals surface area (Å²) in [7, 11) is 0. The van der Waals surface area contributed by atoms with Crippen LogP contribution in [-0.2, 0) is 16.3 Å². The van der Waals surface area contributed by atoms with Crippen LogP contribution in [0.3, 0.4) is 0 Å². The molecule has 0 fully saturated rings. The van der Waals surface area contributed by atoms with Gasteiger partial charge in [-0.05, 0) is 0 Å². The maximum atomic E-state index is 10.3. The van der Waals surface area contributed by atoms with Crippen LogP contribution in [0.5, 0.6) is 17.2 Å². The Morgan fingerprint density at radius 3 is 0.969 bits per heavy atom. The van der Waals surface area contributed by atoms with Crippen molar-refractivity contribution in [2.75, 3.05) is 0 Å². The quantitative estimate of drug-likeness (QED) is 0.538. The molecule has 160 valence electrons. The Hall–Kier alpha value is -3.40. The molecule has 0 spiro atoms. The summed E-state index contributed by atoms with van der Waals surface area (Å²) in [6.07, 6.45) is 15.8. The van der Waals surface area contributed by atoms with Crippen molar-refractivity contribution in [2.24, 2.45) is 0 Å². The number of rotatable bonds is 2. The topological polar surface area (TPSA) is 69.2 Å². The van der Waals surface area contributed by atoms with Crippen LogP contribution in [0.25, 0.3) is 0 Å². The van der Waals surface area contributed by atoms with Gasteiger partial charge in [0.25, 0.3) is 0 Å². The normalized spacial score (nSPS) is 12.5. The van der Waals surface area contributed by atoms with Crippen molar-refractivity contribution in [1.29, 1.82) is 0 Å². The van der Waals surface area contributed by atoms with E-state index in [1.807, 2.05) is 18.2 Å². The van der Waals surface area contributed by atoms with Crippen LogP contribution in [0.1, 0.15) is 12.8 Å². The third kappa shape index (κ3) is 11.7. The summed E-state index contributed by atoms with van der Waals surface area (Å²) in [6, 6.07) is 25.0. The van der Waals surface area contributed by atoms with Gasteiger partial charge in [-0.2, -0.15) is 0 Å². The predicted octanol–water partition coefficient (Wildman–Crippen LogP) is 5.04. The SMILES string of the molecule is C1=CC[C]([V+3][C]2=CC=CC2)=C1.[O-]c1ccccc1.[O-]c1ccccc1.[O-]c1ccccc1. The summed E-state index contributed by atoms with van der Waals surface area (Å²) in [5, 5.41) is 30.8. The molecule has 0 heterocycles. The average molecular weight is 460 g/mol. The molecule has 2 aliphatic carbocycles. The molecule has 0 unspecified atom stereocenters. The summed E-state index contributed by atoms with van der Waals surface area (Å²) in [4.78, 5) is 0. The fraction of sp³-hybridized carbons (Fsp3) is 0.0714. The second-order valence-corrected chi connectivity index (χ2v) is 8.77. The molecular formula is C28H25O3V. The monoisotopic (exact) mass is 460 g/mol. The van der Waals surface area contributed by atoms with Gasteiger partial charge in [-0.25, -0.2) is 0 Å². The van der Waals surface area contributed by atoms with Crippen LogP contribution in [0, 0.1) is 0 Å². The largest absolute Gasteiger partial charge is 0.872 e. The fourth-order valence-electron chi connectivity index (χ4n) is 2.48. The summed E-state index contributed by atoms with van der Waals surface area (Å²) < 4.78 is 3.30. The Bertz CT molecular complexity index is 891. The fourth-order valence-corrected chi connectivity index (χ4v) is 4.18. The molecule has 0 amide bonds. The third-order valence-corrected chi connectivity index (χ3v) is 5.95. The second-order valence-electron chi connectivity index (χ2n) is 6.63. The molecule has 2 aliphatic rings. The number of allylic oxidation sites excluding steroid dienone is 8. The Morgan fingerprint density at radius 2 is 0.781 bits per heavy atom. The first-order chi connectivity index (χ1) is 15.6. The molecule has 0 N–H and O–H groups in total. The molecule has 0 saturated carbocycles. The molecular weight excluding hydrogens is 435 g/mol. The van der Waals surface area contributed by atoms with Gasteiger partial charge in [0.05, 0.1) is 0 Å². The van der Waals surface area contributed by atoms with Crippen molar-refractivity contribution < 1.29 is 31.6 Å². The Labute approximate surface area is 197 Å². The van der Waals surface area contributed by atoms with Crippen LogP contribution in [0.15, 0.2) is 136 Å². The molecule has 0 radical (unpaired) electrons. The van der Waals surface area contributed by atoms with Crippen LogP contribution in [0.4, 0.5) is 0 Å². The van der Waals surface area contributed by atoms with Crippen LogP contribution < -0.4 is 15.3 Å². The molecule has 3 aromatic carbocycles. The minimum absolute atomic E-state index is 0.0718. The maximum absolute atomic E-state index is 10.3. The van der Waals surface area contributed by atoms with Crippen molar-refractivity contribution in [3.63, 3.8) is 0 Å². The zero-order chi connectivity index (χ0) is 22.9. The van der Waals surface area contributed by atoms with Crippen molar-refractivity contribution in [3.8, 4) is 17.2 Å². The van der Waals surface area contributed by atoms with Crippen LogP contribution >= 0.6 is 0 Å². The first-order valence-electron chi connectivity index (χ1n) is 10.2. The zero-order valence-corrected chi connectivity index (χ0v) is 19.1. The van der Waals surface area contributed by atoms with E-state index in [-0.39, 0.29) is 17.2 Å². The van der Waals surface area contributed by atoms with Gasteiger partial charge in [0, 0.05) is 0 Å². The van der Waals surface area contributed by atoms with Gasteiger partial charge in [-0.1, -0.05) is 91.0 Å². The van der Waals surface area contributed by atoms with Gasteiger partial charge >= 0.3 is 74.2 Å². The molecule has 5 rings (SSSR count). The maximum Gasteiger partial charge on any atom is -0.0623 e. The predicted molar refractivity (Wildman–Crippen MR) is 121 cm³/mol. The number of para-hydroxylation sites is 3. The van der Waals surface area contributed by atoms with Gasteiger partial charge in [0.1, 0.15) is 0 Å². The minimum Gasteiger partial charge on any atom is -0.872 e. The molecule has 0 aromatic heterocycles. The minimum atomic E-state index is 0.0718. The zero-order valence-electron chi connectivity index (χ0n) is 17.7. The third-order valence-electron chi connectivity index (χ3n) is 4.02. The summed E-state index contributed by atoms with van der Waals surface area (Å²) in [6.45, 7) is 0. The van der Waals surface area contributed by atoms with E-state index in [2.05, 4.69) is 36.5 Å². The smallest absolute Gasteiger partial charge is 0.0623 e. The standard InChI is InChI=1S/3C6H6O.2C5H5.V/c3*7-6-4-2-1-3-5-6;2*1-2-4-5-3-1;/h3*1-5,7H;2*1-3H,4H2;/q;;;;;+3/p-3. The summed E-state index contributed by atoms with van der Waals surface area (Å²) in [5.74, 6) is 0.215. The second kappa shape index (κ2) is 15.4. The number of hydrogen-bond donors (Lipinski definition) is 0. The van der Waals surface area contributed by atoms with Crippen molar-refractivity contribution >= 4 is 0 Å². The molecule has 0 saturated heterocycles. The van der Waals surface area contributed by atoms with Crippen molar-refractivity contribution in [1.82, 2.24) is 0 Å². The molecule has 3 nitrogen and oxygen atoms in total. The van der Waals surface area contributed by atoms with E-state index in [1.165, 1.54) is 49.2 Å². The summed E-state index contributed by atoms with van der Waals surface area (Å²) >= 11 is 0.358. The Kier molecular flexibility index (Phi) is 12.0. The average Bonchev–Trinajstić information content (AvgIpc) is 3.52. The van der Waals surface area contributed by atoms with Crippen molar-refractivity contribution in [2.45, 2.75) is 12.8 Å². The first-order valence-corrected chi connectivity index (χ1v) is 11.6. The molecule has 3 aromatic rings. The van der Waals surface area contributed by atoms with Gasteiger partial charge < -0.3 is 15.3 Å². The van der Waals surface area contributed by atoms with Gasteiger partial charge in [0.2, 0.25) is 0 Å². The van der Waals surface area contributed by atoms with E-state index < -0.39 is 0 Å². The number of hydrogen-bond acceptors (Lipinski definition) is 3. The van der Waals surface area contributed by atoms with Crippen LogP contribution in [-0.4, -0.2) is 0 Å². The van der Waals surface area contributed by atoms with Crippen LogP contribution in [0.2, 0.25) is 0 Å². The van der Waals surface area contributed by atoms with Gasteiger partial charge in [-0.15, -0.1) is 17.2 Å². The molecule has 0 aliphatic heterocycles. The molecule has 0 atom stereocenters. The van der Waals surface area contributed by atoms with E-state index in [4.69, 9.17) is 0 Å². The Morgan fingerprint density at radius 1 is 0.469 bits per heavy atom. The Balaban J connectivity index is 0.000000155. The first kappa shape index (κ1) is 24.9. The van der Waals surface area contributed by atoms with Crippen molar-refractivity contribution in [3.05, 3.63) is 136 Å².